The van der Waals surface area contributed by atoms with Gasteiger partial charge in [-0.2, -0.15) is 0 Å². The Morgan fingerprint density at radius 1 is 0.833 bits per heavy atom. The Hall–Kier alpha value is -0.930. The Labute approximate surface area is 155 Å². The van der Waals surface area contributed by atoms with E-state index in [1.54, 1.807) is 0 Å². The molecule has 1 aliphatic rings. The summed E-state index contributed by atoms with van der Waals surface area (Å²) < 4.78 is 0.454. The second kappa shape index (κ2) is 9.53. The Morgan fingerprint density at radius 3 is 2.17 bits per heavy atom. The fraction of sp³-hybridized carbons (Fsp3) is 0.476. The molecular formula is C21H27NS2. The van der Waals surface area contributed by atoms with Crippen LogP contribution in [0.1, 0.15) is 43.2 Å². The van der Waals surface area contributed by atoms with Gasteiger partial charge in [-0.05, 0) is 73.6 Å². The molecule has 1 nitrogen and oxygen atoms in total. The summed E-state index contributed by atoms with van der Waals surface area (Å²) in [5, 5.41) is 0. The lowest BCUT2D eigenvalue weighted by molar-refractivity contribution is 0.591. The number of thioether (sulfide) groups is 2. The van der Waals surface area contributed by atoms with Crippen molar-refractivity contribution in [2.24, 2.45) is 0 Å². The Bertz CT molecular complexity index is 532. The average Bonchev–Trinajstić information content (AvgIpc) is 2.64. The molecule has 0 unspecified atom stereocenters. The van der Waals surface area contributed by atoms with Crippen LogP contribution in [0.25, 0.3) is 0 Å². The molecule has 1 aromatic carbocycles. The number of nitrogens with zero attached hydrogens (tertiary/aromatic N) is 1. The van der Waals surface area contributed by atoms with Gasteiger partial charge < -0.3 is 0 Å². The lowest BCUT2D eigenvalue weighted by Crippen LogP contribution is -2.25. The molecule has 2 heterocycles. The lowest BCUT2D eigenvalue weighted by Gasteiger charge is -2.36. The highest BCUT2D eigenvalue weighted by Gasteiger charge is 2.32. The molecule has 0 radical (unpaired) electrons. The number of rotatable bonds is 8. The highest BCUT2D eigenvalue weighted by molar-refractivity contribution is 8.18. The van der Waals surface area contributed by atoms with Crippen LogP contribution in [0.5, 0.6) is 0 Å². The smallest absolute Gasteiger partial charge is 0.0611 e. The first-order valence-electron chi connectivity index (χ1n) is 9.07. The monoisotopic (exact) mass is 357 g/mol. The molecule has 2 aromatic rings. The quantitative estimate of drug-likeness (QED) is 0.575. The maximum atomic E-state index is 4.24. The zero-order valence-corrected chi connectivity index (χ0v) is 16.0. The fourth-order valence-corrected chi connectivity index (χ4v) is 6.84. The molecule has 0 saturated carbocycles. The van der Waals surface area contributed by atoms with Gasteiger partial charge in [0, 0.05) is 12.4 Å². The number of hydrogen-bond acceptors (Lipinski definition) is 3. The molecule has 0 amide bonds. The predicted octanol–water partition coefficient (Wildman–Crippen LogP) is 5.99. The first-order chi connectivity index (χ1) is 11.9. The van der Waals surface area contributed by atoms with E-state index in [1.807, 2.05) is 12.4 Å². The van der Waals surface area contributed by atoms with Gasteiger partial charge in [0.05, 0.1) is 4.08 Å². The van der Waals surface area contributed by atoms with E-state index >= 15 is 0 Å². The number of aromatic nitrogens is 1. The van der Waals surface area contributed by atoms with Crippen LogP contribution in [0.3, 0.4) is 0 Å². The second-order valence-corrected chi connectivity index (χ2v) is 9.73. The zero-order chi connectivity index (χ0) is 16.5. The first-order valence-corrected chi connectivity index (χ1v) is 11.0. The van der Waals surface area contributed by atoms with E-state index in [9.17, 15) is 0 Å². The largest absolute Gasteiger partial charge is 0.264 e. The minimum Gasteiger partial charge on any atom is -0.264 e. The zero-order valence-electron chi connectivity index (χ0n) is 14.3. The van der Waals surface area contributed by atoms with Crippen molar-refractivity contribution in [3.8, 4) is 0 Å². The van der Waals surface area contributed by atoms with E-state index in [2.05, 4.69) is 71.0 Å². The molecule has 1 aromatic heterocycles. The van der Waals surface area contributed by atoms with Crippen molar-refractivity contribution >= 4 is 23.5 Å². The second-order valence-electron chi connectivity index (χ2n) is 6.52. The summed E-state index contributed by atoms with van der Waals surface area (Å²) in [6.45, 7) is 0. The van der Waals surface area contributed by atoms with Crippen LogP contribution in [0.15, 0.2) is 54.9 Å². The van der Waals surface area contributed by atoms with Crippen LogP contribution in [0.2, 0.25) is 0 Å². The van der Waals surface area contributed by atoms with E-state index in [-0.39, 0.29) is 0 Å². The maximum Gasteiger partial charge on any atom is 0.0611 e. The van der Waals surface area contributed by atoms with E-state index in [1.165, 1.54) is 61.2 Å². The van der Waals surface area contributed by atoms with Crippen molar-refractivity contribution in [2.45, 2.75) is 49.0 Å². The molecule has 128 valence electrons. The molecule has 1 fully saturated rings. The molecule has 1 aliphatic heterocycles. The van der Waals surface area contributed by atoms with Crippen molar-refractivity contribution in [3.05, 3.63) is 66.0 Å². The van der Waals surface area contributed by atoms with Crippen molar-refractivity contribution < 1.29 is 0 Å². The summed E-state index contributed by atoms with van der Waals surface area (Å²) in [6.07, 6.45) is 12.9. The van der Waals surface area contributed by atoms with Gasteiger partial charge in [-0.1, -0.05) is 36.4 Å². The van der Waals surface area contributed by atoms with Crippen LogP contribution < -0.4 is 0 Å². The summed E-state index contributed by atoms with van der Waals surface area (Å²) in [5.74, 6) is 2.68. The van der Waals surface area contributed by atoms with Gasteiger partial charge >= 0.3 is 0 Å². The van der Waals surface area contributed by atoms with Crippen LogP contribution in [-0.4, -0.2) is 20.6 Å². The van der Waals surface area contributed by atoms with Gasteiger partial charge in [0.25, 0.3) is 0 Å². The van der Waals surface area contributed by atoms with Crippen molar-refractivity contribution in [2.75, 3.05) is 11.5 Å². The molecule has 3 rings (SSSR count). The topological polar surface area (TPSA) is 12.9 Å². The highest BCUT2D eigenvalue weighted by atomic mass is 32.2. The molecule has 3 heteroatoms. The van der Waals surface area contributed by atoms with Gasteiger partial charge in [-0.3, -0.25) is 4.98 Å². The fourth-order valence-electron chi connectivity index (χ4n) is 3.34. The van der Waals surface area contributed by atoms with E-state index in [0.717, 1.165) is 6.42 Å². The molecule has 0 spiro atoms. The lowest BCUT2D eigenvalue weighted by atomic mass is 10.0. The van der Waals surface area contributed by atoms with Crippen molar-refractivity contribution in [1.29, 1.82) is 0 Å². The summed E-state index contributed by atoms with van der Waals surface area (Å²) in [6, 6.07) is 15.2. The van der Waals surface area contributed by atoms with Crippen LogP contribution in [0, 0.1) is 0 Å². The number of hydrogen-bond donors (Lipinski definition) is 0. The SMILES string of the molecule is c1ccc(CCCC2(CCCc3cccnc3)SCCCS2)cc1. The van der Waals surface area contributed by atoms with Crippen molar-refractivity contribution in [1.82, 2.24) is 4.98 Å². The van der Waals surface area contributed by atoms with Gasteiger partial charge in [0.15, 0.2) is 0 Å². The molecule has 1 saturated heterocycles. The summed E-state index contributed by atoms with van der Waals surface area (Å²) in [7, 11) is 0. The van der Waals surface area contributed by atoms with Crippen molar-refractivity contribution in [3.63, 3.8) is 0 Å². The number of pyridine rings is 1. The molecule has 0 atom stereocenters. The third-order valence-electron chi connectivity index (χ3n) is 4.63. The minimum atomic E-state index is 0.454. The van der Waals surface area contributed by atoms with E-state index in [0.29, 0.717) is 4.08 Å². The van der Waals surface area contributed by atoms with Crippen LogP contribution in [-0.2, 0) is 12.8 Å². The standard InChI is InChI=1S/C21H27NS2/c1-2-8-19(9-3-1)10-4-13-21(23-16-7-17-24-21)14-5-11-20-12-6-15-22-18-20/h1-3,6,8-9,12,15,18H,4-5,7,10-11,13-14,16-17H2. The summed E-state index contributed by atoms with van der Waals surface area (Å²) in [4.78, 5) is 4.24. The first kappa shape index (κ1) is 17.9. The van der Waals surface area contributed by atoms with Gasteiger partial charge in [-0.25, -0.2) is 0 Å². The Balaban J connectivity index is 1.50. The molecule has 0 aliphatic carbocycles. The third-order valence-corrected chi connectivity index (χ3v) is 8.19. The third kappa shape index (κ3) is 5.56. The summed E-state index contributed by atoms with van der Waals surface area (Å²) in [5.41, 5.74) is 2.86. The molecule has 24 heavy (non-hydrogen) atoms. The van der Waals surface area contributed by atoms with Gasteiger partial charge in [0.2, 0.25) is 0 Å². The highest BCUT2D eigenvalue weighted by Crippen LogP contribution is 2.49. The molecule has 0 bridgehead atoms. The van der Waals surface area contributed by atoms with E-state index in [4.69, 9.17) is 0 Å². The van der Waals surface area contributed by atoms with Gasteiger partial charge in [0.1, 0.15) is 0 Å². The van der Waals surface area contributed by atoms with Gasteiger partial charge in [-0.15, -0.1) is 23.5 Å². The predicted molar refractivity (Wildman–Crippen MR) is 109 cm³/mol. The number of aryl methyl sites for hydroxylation is 2. The van der Waals surface area contributed by atoms with Crippen LogP contribution >= 0.6 is 23.5 Å². The maximum absolute atomic E-state index is 4.24. The molecular weight excluding hydrogens is 330 g/mol. The number of benzene rings is 1. The molecule has 0 N–H and O–H groups in total. The Morgan fingerprint density at radius 2 is 1.50 bits per heavy atom. The summed E-state index contributed by atoms with van der Waals surface area (Å²) >= 11 is 4.46. The average molecular weight is 358 g/mol. The Kier molecular flexibility index (Phi) is 7.10. The normalized spacial score (nSPS) is 16.8. The minimum absolute atomic E-state index is 0.454. The van der Waals surface area contributed by atoms with E-state index < -0.39 is 0 Å². The van der Waals surface area contributed by atoms with Crippen LogP contribution in [0.4, 0.5) is 0 Å².